The van der Waals surface area contributed by atoms with Gasteiger partial charge in [0.15, 0.2) is 0 Å². The van der Waals surface area contributed by atoms with Crippen molar-refractivity contribution in [2.24, 2.45) is 0 Å². The Balaban J connectivity index is 1.85. The summed E-state index contributed by atoms with van der Waals surface area (Å²) in [4.78, 5) is 0. The van der Waals surface area contributed by atoms with E-state index in [1.54, 1.807) is 0 Å². The molecule has 0 amide bonds. The van der Waals surface area contributed by atoms with Crippen LogP contribution in [0.5, 0.6) is 0 Å². The number of hydrogen-bond acceptors (Lipinski definition) is 3. The van der Waals surface area contributed by atoms with Crippen LogP contribution in [-0.4, -0.2) is 30.3 Å². The lowest BCUT2D eigenvalue weighted by Crippen LogP contribution is -2.37. The normalized spacial score (nSPS) is 22.9. The third kappa shape index (κ3) is 3.80. The number of benzene rings is 1. The Morgan fingerprint density at radius 2 is 2.17 bits per heavy atom. The predicted octanol–water partition coefficient (Wildman–Crippen LogP) is 1.84. The molecule has 1 fully saturated rings. The molecule has 0 radical (unpaired) electrons. The summed E-state index contributed by atoms with van der Waals surface area (Å²) < 4.78 is 0. The molecule has 1 aliphatic heterocycles. The van der Waals surface area contributed by atoms with Gasteiger partial charge in [-0.25, -0.2) is 0 Å². The van der Waals surface area contributed by atoms with Crippen molar-refractivity contribution in [1.29, 1.82) is 0 Å². The van der Waals surface area contributed by atoms with Crippen LogP contribution in [0.4, 0.5) is 0 Å². The first-order valence-electron chi connectivity index (χ1n) is 6.95. The highest BCUT2D eigenvalue weighted by molar-refractivity contribution is 5.19. The van der Waals surface area contributed by atoms with E-state index in [1.165, 1.54) is 12.8 Å². The van der Waals surface area contributed by atoms with Gasteiger partial charge in [-0.15, -0.1) is 0 Å². The average Bonchev–Trinajstić information content (AvgIpc) is 2.90. The van der Waals surface area contributed by atoms with Gasteiger partial charge in [-0.05, 0) is 38.3 Å². The van der Waals surface area contributed by atoms with Gasteiger partial charge >= 0.3 is 0 Å². The number of hydrogen-bond donors (Lipinski definition) is 3. The van der Waals surface area contributed by atoms with E-state index < -0.39 is 0 Å². The SMILES string of the molecule is CC(CC1CCCN1)NC(CO)c1ccccc1. The molecular formula is C15H24N2O. The second kappa shape index (κ2) is 6.88. The van der Waals surface area contributed by atoms with Gasteiger partial charge in [0.1, 0.15) is 0 Å². The molecule has 3 unspecified atom stereocenters. The Hall–Kier alpha value is -0.900. The molecule has 1 heterocycles. The molecule has 3 heteroatoms. The monoisotopic (exact) mass is 248 g/mol. The molecule has 0 aliphatic carbocycles. The van der Waals surface area contributed by atoms with Crippen LogP contribution in [0.1, 0.15) is 37.8 Å². The van der Waals surface area contributed by atoms with Gasteiger partial charge in [0.2, 0.25) is 0 Å². The van der Waals surface area contributed by atoms with Crippen LogP contribution in [0.15, 0.2) is 30.3 Å². The van der Waals surface area contributed by atoms with Crippen LogP contribution >= 0.6 is 0 Å². The van der Waals surface area contributed by atoms with Crippen LogP contribution in [0.25, 0.3) is 0 Å². The van der Waals surface area contributed by atoms with Gasteiger partial charge in [-0.3, -0.25) is 0 Å². The van der Waals surface area contributed by atoms with E-state index >= 15 is 0 Å². The van der Waals surface area contributed by atoms with Crippen LogP contribution in [-0.2, 0) is 0 Å². The van der Waals surface area contributed by atoms with Crippen LogP contribution in [0, 0.1) is 0 Å². The zero-order chi connectivity index (χ0) is 12.8. The summed E-state index contributed by atoms with van der Waals surface area (Å²) in [6.07, 6.45) is 3.70. The molecule has 18 heavy (non-hydrogen) atoms. The summed E-state index contributed by atoms with van der Waals surface area (Å²) in [6.45, 7) is 3.50. The second-order valence-corrected chi connectivity index (χ2v) is 5.24. The average molecular weight is 248 g/mol. The molecule has 1 saturated heterocycles. The molecule has 0 spiro atoms. The molecule has 1 aromatic rings. The quantitative estimate of drug-likeness (QED) is 0.720. The highest BCUT2D eigenvalue weighted by Gasteiger charge is 2.19. The minimum Gasteiger partial charge on any atom is -0.394 e. The van der Waals surface area contributed by atoms with E-state index in [0.717, 1.165) is 18.5 Å². The lowest BCUT2D eigenvalue weighted by molar-refractivity contribution is 0.230. The Labute approximate surface area is 110 Å². The molecule has 0 aromatic heterocycles. The molecule has 0 saturated carbocycles. The van der Waals surface area contributed by atoms with Gasteiger partial charge in [-0.1, -0.05) is 30.3 Å². The highest BCUT2D eigenvalue weighted by Crippen LogP contribution is 2.16. The lowest BCUT2D eigenvalue weighted by atomic mass is 10.0. The second-order valence-electron chi connectivity index (χ2n) is 5.24. The van der Waals surface area contributed by atoms with Crippen molar-refractivity contribution in [3.05, 3.63) is 35.9 Å². The smallest absolute Gasteiger partial charge is 0.0626 e. The first-order valence-corrected chi connectivity index (χ1v) is 6.95. The molecule has 100 valence electrons. The zero-order valence-electron chi connectivity index (χ0n) is 11.1. The number of aliphatic hydroxyl groups excluding tert-OH is 1. The zero-order valence-corrected chi connectivity index (χ0v) is 11.1. The minimum absolute atomic E-state index is 0.0441. The van der Waals surface area contributed by atoms with Crippen molar-refractivity contribution in [3.63, 3.8) is 0 Å². The number of nitrogens with one attached hydrogen (secondary N) is 2. The van der Waals surface area contributed by atoms with Gasteiger partial charge in [0.25, 0.3) is 0 Å². The summed E-state index contributed by atoms with van der Waals surface area (Å²) in [5.41, 5.74) is 1.16. The minimum atomic E-state index is 0.0441. The van der Waals surface area contributed by atoms with Crippen LogP contribution in [0.3, 0.4) is 0 Å². The third-order valence-corrected chi connectivity index (χ3v) is 3.67. The van der Waals surface area contributed by atoms with Crippen molar-refractivity contribution >= 4 is 0 Å². The van der Waals surface area contributed by atoms with E-state index in [9.17, 15) is 5.11 Å². The number of rotatable bonds is 6. The predicted molar refractivity (Wildman–Crippen MR) is 74.5 cm³/mol. The maximum Gasteiger partial charge on any atom is 0.0626 e. The summed E-state index contributed by atoms with van der Waals surface area (Å²) in [5, 5.41) is 16.5. The topological polar surface area (TPSA) is 44.3 Å². The van der Waals surface area contributed by atoms with Crippen LogP contribution < -0.4 is 10.6 Å². The van der Waals surface area contributed by atoms with E-state index in [1.807, 2.05) is 18.2 Å². The first kappa shape index (κ1) is 13.5. The van der Waals surface area contributed by atoms with E-state index in [2.05, 4.69) is 29.7 Å². The van der Waals surface area contributed by atoms with Gasteiger partial charge < -0.3 is 15.7 Å². The van der Waals surface area contributed by atoms with Crippen molar-refractivity contribution in [1.82, 2.24) is 10.6 Å². The summed E-state index contributed by atoms with van der Waals surface area (Å²) in [6, 6.07) is 11.3. The van der Waals surface area contributed by atoms with Crippen molar-refractivity contribution in [3.8, 4) is 0 Å². The van der Waals surface area contributed by atoms with Gasteiger partial charge in [-0.2, -0.15) is 0 Å². The Bertz CT molecular complexity index is 336. The maximum absolute atomic E-state index is 9.51. The molecule has 3 N–H and O–H groups in total. The van der Waals surface area contributed by atoms with Gasteiger partial charge in [0, 0.05) is 12.1 Å². The van der Waals surface area contributed by atoms with Gasteiger partial charge in [0.05, 0.1) is 12.6 Å². The Morgan fingerprint density at radius 1 is 1.39 bits per heavy atom. The van der Waals surface area contributed by atoms with Crippen molar-refractivity contribution in [2.45, 2.75) is 44.3 Å². The summed E-state index contributed by atoms with van der Waals surface area (Å²) >= 11 is 0. The number of aliphatic hydroxyl groups is 1. The fourth-order valence-corrected chi connectivity index (χ4v) is 2.74. The van der Waals surface area contributed by atoms with Crippen molar-refractivity contribution < 1.29 is 5.11 Å². The summed E-state index contributed by atoms with van der Waals surface area (Å²) in [7, 11) is 0. The largest absolute Gasteiger partial charge is 0.394 e. The maximum atomic E-state index is 9.51. The fourth-order valence-electron chi connectivity index (χ4n) is 2.74. The summed E-state index contributed by atoms with van der Waals surface area (Å²) in [5.74, 6) is 0. The lowest BCUT2D eigenvalue weighted by Gasteiger charge is -2.24. The molecule has 2 rings (SSSR count). The van der Waals surface area contributed by atoms with E-state index in [0.29, 0.717) is 12.1 Å². The molecular weight excluding hydrogens is 224 g/mol. The van der Waals surface area contributed by atoms with E-state index in [-0.39, 0.29) is 12.6 Å². The Kier molecular flexibility index (Phi) is 5.17. The molecule has 3 atom stereocenters. The molecule has 0 bridgehead atoms. The fraction of sp³-hybridized carbons (Fsp3) is 0.600. The molecule has 1 aliphatic rings. The van der Waals surface area contributed by atoms with E-state index in [4.69, 9.17) is 0 Å². The molecule has 1 aromatic carbocycles. The standard InChI is InChI=1S/C15H24N2O/c1-12(10-14-8-5-9-16-14)17-15(11-18)13-6-3-2-4-7-13/h2-4,6-7,12,14-18H,5,8-11H2,1H3. The van der Waals surface area contributed by atoms with Crippen molar-refractivity contribution in [2.75, 3.05) is 13.2 Å². The first-order chi connectivity index (χ1) is 8.79. The Morgan fingerprint density at radius 3 is 2.78 bits per heavy atom. The highest BCUT2D eigenvalue weighted by atomic mass is 16.3. The third-order valence-electron chi connectivity index (χ3n) is 3.67. The van der Waals surface area contributed by atoms with Crippen LogP contribution in [0.2, 0.25) is 0 Å². The molecule has 3 nitrogen and oxygen atoms in total.